The fraction of sp³-hybridized carbons (Fsp3) is 0.810. The van der Waals surface area contributed by atoms with Gasteiger partial charge in [-0.05, 0) is 74.5 Å². The lowest BCUT2D eigenvalue weighted by Gasteiger charge is -2.61. The van der Waals surface area contributed by atoms with E-state index in [9.17, 15) is 9.59 Å². The van der Waals surface area contributed by atoms with Gasteiger partial charge < -0.3 is 9.84 Å². The van der Waals surface area contributed by atoms with E-state index in [1.807, 2.05) is 0 Å². The van der Waals surface area contributed by atoms with E-state index in [-0.39, 0.29) is 16.8 Å². The summed E-state index contributed by atoms with van der Waals surface area (Å²) in [6.07, 6.45) is 8.70. The van der Waals surface area contributed by atoms with Crippen molar-refractivity contribution in [2.45, 2.75) is 65.7 Å². The molecule has 0 aliphatic heterocycles. The highest BCUT2D eigenvalue weighted by molar-refractivity contribution is 5.80. The maximum atomic E-state index is 12.6. The van der Waals surface area contributed by atoms with Crippen molar-refractivity contribution in [2.75, 3.05) is 7.11 Å². The number of carbonyl (C=O) groups is 2. The predicted octanol–water partition coefficient (Wildman–Crippen LogP) is 4.44. The van der Waals surface area contributed by atoms with Crippen LogP contribution in [0.1, 0.15) is 65.7 Å². The third kappa shape index (κ3) is 2.82. The molecule has 0 radical (unpaired) electrons. The van der Waals surface area contributed by atoms with Crippen LogP contribution < -0.4 is 0 Å². The smallest absolute Gasteiger partial charge is 0.328 e. The number of methoxy groups -OCH3 is 1. The molecule has 6 unspecified atom stereocenters. The van der Waals surface area contributed by atoms with Crippen LogP contribution in [0.15, 0.2) is 11.6 Å². The summed E-state index contributed by atoms with van der Waals surface area (Å²) in [6, 6.07) is 0. The topological polar surface area (TPSA) is 63.6 Å². The Hall–Kier alpha value is -1.32. The van der Waals surface area contributed by atoms with E-state index in [0.717, 1.165) is 44.1 Å². The van der Waals surface area contributed by atoms with Gasteiger partial charge in [-0.2, -0.15) is 0 Å². The minimum absolute atomic E-state index is 0.0443. The first-order valence-electron chi connectivity index (χ1n) is 9.76. The number of allylic oxidation sites excluding steroid dienone is 1. The van der Waals surface area contributed by atoms with E-state index in [2.05, 4.69) is 20.8 Å². The monoisotopic (exact) mass is 348 g/mol. The van der Waals surface area contributed by atoms with Crippen LogP contribution in [0.5, 0.6) is 0 Å². The zero-order chi connectivity index (χ0) is 18.4. The molecule has 6 atom stereocenters. The van der Waals surface area contributed by atoms with Gasteiger partial charge in [0, 0.05) is 6.08 Å². The molecule has 3 aliphatic carbocycles. The van der Waals surface area contributed by atoms with Crippen LogP contribution in [0.25, 0.3) is 0 Å². The molecule has 4 heteroatoms. The van der Waals surface area contributed by atoms with Crippen molar-refractivity contribution in [3.63, 3.8) is 0 Å². The molecular formula is C21H32O4. The van der Waals surface area contributed by atoms with Gasteiger partial charge in [0.2, 0.25) is 0 Å². The molecule has 3 aliphatic rings. The highest BCUT2D eigenvalue weighted by Crippen LogP contribution is 2.65. The molecule has 1 N–H and O–H groups in total. The van der Waals surface area contributed by atoms with Crippen LogP contribution in [-0.4, -0.2) is 24.2 Å². The third-order valence-electron chi connectivity index (χ3n) is 8.06. The van der Waals surface area contributed by atoms with E-state index in [1.54, 1.807) is 0 Å². The number of ether oxygens (including phenoxy) is 1. The van der Waals surface area contributed by atoms with E-state index in [1.165, 1.54) is 19.6 Å². The summed E-state index contributed by atoms with van der Waals surface area (Å²) in [5, 5.41) is 9.15. The number of carbonyl (C=O) groups excluding carboxylic acids is 1. The van der Waals surface area contributed by atoms with Gasteiger partial charge in [0.05, 0.1) is 12.5 Å². The molecule has 0 saturated heterocycles. The van der Waals surface area contributed by atoms with Crippen molar-refractivity contribution in [1.29, 1.82) is 0 Å². The van der Waals surface area contributed by atoms with Crippen LogP contribution in [0.2, 0.25) is 0 Å². The Morgan fingerprint density at radius 1 is 1.20 bits per heavy atom. The van der Waals surface area contributed by atoms with Gasteiger partial charge in [0.15, 0.2) is 0 Å². The van der Waals surface area contributed by atoms with Gasteiger partial charge in [0.25, 0.3) is 0 Å². The average molecular weight is 348 g/mol. The lowest BCUT2D eigenvalue weighted by molar-refractivity contribution is -0.175. The standard InChI is InChI=1S/C21H32O4/c1-13-14(12-18(22)23)6-8-16-15(13)7-9-17-20(16,2)10-5-11-21(17,3)19(24)25-4/h12-13,15-17H,5-11H2,1-4H3,(H,22,23)/b14-12+. The maximum absolute atomic E-state index is 12.6. The second-order valence-electron chi connectivity index (χ2n) is 9.05. The average Bonchev–Trinajstić information content (AvgIpc) is 2.56. The molecule has 140 valence electrons. The molecule has 3 rings (SSSR count). The Bertz CT molecular complexity index is 595. The summed E-state index contributed by atoms with van der Waals surface area (Å²) in [4.78, 5) is 23.7. The summed E-state index contributed by atoms with van der Waals surface area (Å²) < 4.78 is 5.19. The van der Waals surface area contributed by atoms with E-state index in [4.69, 9.17) is 9.84 Å². The summed E-state index contributed by atoms with van der Waals surface area (Å²) in [5.74, 6) is 0.962. The van der Waals surface area contributed by atoms with Crippen molar-refractivity contribution >= 4 is 11.9 Å². The zero-order valence-electron chi connectivity index (χ0n) is 16.0. The van der Waals surface area contributed by atoms with Crippen LogP contribution in [0.3, 0.4) is 0 Å². The minimum Gasteiger partial charge on any atom is -0.478 e. The van der Waals surface area contributed by atoms with Gasteiger partial charge in [-0.3, -0.25) is 4.79 Å². The molecule has 0 amide bonds. The minimum atomic E-state index is -0.823. The van der Waals surface area contributed by atoms with Crippen LogP contribution in [0, 0.1) is 34.5 Å². The number of carboxylic acids is 1. The first kappa shape index (κ1) is 18.5. The number of hydrogen-bond acceptors (Lipinski definition) is 3. The summed E-state index contributed by atoms with van der Waals surface area (Å²) in [5.41, 5.74) is 0.891. The predicted molar refractivity (Wildman–Crippen MR) is 95.9 cm³/mol. The Balaban J connectivity index is 1.91. The van der Waals surface area contributed by atoms with Crippen LogP contribution in [-0.2, 0) is 14.3 Å². The van der Waals surface area contributed by atoms with E-state index >= 15 is 0 Å². The molecule has 0 aromatic rings. The van der Waals surface area contributed by atoms with Crippen LogP contribution in [0.4, 0.5) is 0 Å². The van der Waals surface area contributed by atoms with Gasteiger partial charge in [-0.15, -0.1) is 0 Å². The van der Waals surface area contributed by atoms with Crippen molar-refractivity contribution in [3.05, 3.63) is 11.6 Å². The molecule has 25 heavy (non-hydrogen) atoms. The molecule has 3 fully saturated rings. The Morgan fingerprint density at radius 2 is 1.92 bits per heavy atom. The fourth-order valence-electron chi connectivity index (χ4n) is 6.86. The Kier molecular flexibility index (Phi) is 4.76. The highest BCUT2D eigenvalue weighted by atomic mass is 16.5. The molecule has 0 aromatic carbocycles. The van der Waals surface area contributed by atoms with Crippen LogP contribution >= 0.6 is 0 Å². The number of esters is 1. The largest absolute Gasteiger partial charge is 0.478 e. The first-order valence-corrected chi connectivity index (χ1v) is 9.76. The summed E-state index contributed by atoms with van der Waals surface area (Å²) in [6.45, 7) is 6.72. The van der Waals surface area contributed by atoms with Gasteiger partial charge in [-0.25, -0.2) is 4.79 Å². The number of aliphatic carboxylic acids is 1. The molecule has 3 saturated carbocycles. The number of rotatable bonds is 2. The SMILES string of the molecule is COC(=O)C1(C)CCCC2(C)C3CC/C(=C\C(=O)O)C(C)C3CCC12. The van der Waals surface area contributed by atoms with Gasteiger partial charge in [-0.1, -0.05) is 25.8 Å². The quantitative estimate of drug-likeness (QED) is 0.592. The van der Waals surface area contributed by atoms with Gasteiger partial charge >= 0.3 is 11.9 Å². The molecule has 4 nitrogen and oxygen atoms in total. The molecule has 0 heterocycles. The van der Waals surface area contributed by atoms with Crippen molar-refractivity contribution in [3.8, 4) is 0 Å². The number of carboxylic acid groups (broad SMARTS) is 1. The Labute approximate surface area is 151 Å². The lowest BCUT2D eigenvalue weighted by Crippen LogP contribution is -2.56. The molecular weight excluding hydrogens is 316 g/mol. The third-order valence-corrected chi connectivity index (χ3v) is 8.06. The highest BCUT2D eigenvalue weighted by Gasteiger charge is 2.60. The summed E-state index contributed by atoms with van der Waals surface area (Å²) >= 11 is 0. The van der Waals surface area contributed by atoms with Crippen molar-refractivity contribution < 1.29 is 19.4 Å². The molecule has 0 spiro atoms. The Morgan fingerprint density at radius 3 is 2.56 bits per heavy atom. The number of fused-ring (bicyclic) bond motifs is 3. The van der Waals surface area contributed by atoms with Crippen molar-refractivity contribution in [2.24, 2.45) is 34.5 Å². The summed E-state index contributed by atoms with van der Waals surface area (Å²) in [7, 11) is 1.51. The van der Waals surface area contributed by atoms with Crippen molar-refractivity contribution in [1.82, 2.24) is 0 Å². The van der Waals surface area contributed by atoms with E-state index < -0.39 is 5.97 Å². The second-order valence-corrected chi connectivity index (χ2v) is 9.05. The zero-order valence-corrected chi connectivity index (χ0v) is 16.0. The number of hydrogen-bond donors (Lipinski definition) is 1. The van der Waals surface area contributed by atoms with E-state index in [0.29, 0.717) is 23.7 Å². The molecule has 0 bridgehead atoms. The molecule has 0 aromatic heterocycles. The second kappa shape index (κ2) is 6.44. The lowest BCUT2D eigenvalue weighted by atomic mass is 9.43. The maximum Gasteiger partial charge on any atom is 0.328 e. The first-order chi connectivity index (χ1) is 11.7. The van der Waals surface area contributed by atoms with Gasteiger partial charge in [0.1, 0.15) is 0 Å². The normalized spacial score (nSPS) is 45.4. The fourth-order valence-corrected chi connectivity index (χ4v) is 6.86.